The molecule has 2 saturated heterocycles. The average molecular weight is 329 g/mol. The standard InChI is InChI=1S/C16H23N7O/c1-22(16-14-15(18-9-17-14)19-10-20-16)8-13(24)21-11-5-7-23-6-3-2-4-12(11)23/h9-12H,2-8H2,1H3,(H,21,24)(H,17,18,19,20)/t11-,12+/m1/s1. The van der Waals surface area contributed by atoms with Crippen molar-refractivity contribution in [1.29, 1.82) is 0 Å². The number of piperidine rings is 1. The zero-order chi connectivity index (χ0) is 16.5. The van der Waals surface area contributed by atoms with Gasteiger partial charge in [0.15, 0.2) is 11.5 Å². The molecule has 0 spiro atoms. The first kappa shape index (κ1) is 15.3. The molecule has 8 heteroatoms. The van der Waals surface area contributed by atoms with Gasteiger partial charge in [-0.2, -0.15) is 0 Å². The summed E-state index contributed by atoms with van der Waals surface area (Å²) < 4.78 is 0. The number of fused-ring (bicyclic) bond motifs is 2. The van der Waals surface area contributed by atoms with E-state index in [2.05, 4.69) is 30.2 Å². The van der Waals surface area contributed by atoms with Gasteiger partial charge in [-0.15, -0.1) is 0 Å². The van der Waals surface area contributed by atoms with Gasteiger partial charge in [-0.05, 0) is 25.8 Å². The number of rotatable bonds is 4. The molecule has 2 atom stereocenters. The molecule has 0 aromatic carbocycles. The summed E-state index contributed by atoms with van der Waals surface area (Å²) in [6.45, 7) is 2.55. The summed E-state index contributed by atoms with van der Waals surface area (Å²) in [4.78, 5) is 32.4. The summed E-state index contributed by atoms with van der Waals surface area (Å²) in [5.74, 6) is 0.736. The predicted octanol–water partition coefficient (Wildman–Crippen LogP) is 0.532. The monoisotopic (exact) mass is 329 g/mol. The smallest absolute Gasteiger partial charge is 0.239 e. The molecule has 2 aliphatic heterocycles. The van der Waals surface area contributed by atoms with E-state index in [4.69, 9.17) is 0 Å². The Morgan fingerprint density at radius 3 is 3.17 bits per heavy atom. The molecule has 1 amide bonds. The lowest BCUT2D eigenvalue weighted by molar-refractivity contribution is -0.120. The van der Waals surface area contributed by atoms with Gasteiger partial charge in [0, 0.05) is 25.7 Å². The molecular formula is C16H23N7O. The van der Waals surface area contributed by atoms with Crippen molar-refractivity contribution in [3.8, 4) is 0 Å². The van der Waals surface area contributed by atoms with Gasteiger partial charge in [0.05, 0.1) is 12.9 Å². The summed E-state index contributed by atoms with van der Waals surface area (Å²) in [5, 5.41) is 3.23. The second kappa shape index (κ2) is 6.35. The first-order valence-corrected chi connectivity index (χ1v) is 8.61. The number of carbonyl (C=O) groups is 1. The second-order valence-corrected chi connectivity index (χ2v) is 6.72. The van der Waals surface area contributed by atoms with Gasteiger partial charge < -0.3 is 15.2 Å². The Morgan fingerprint density at radius 2 is 2.25 bits per heavy atom. The minimum atomic E-state index is 0.0428. The number of nitrogens with zero attached hydrogens (tertiary/aromatic N) is 5. The van der Waals surface area contributed by atoms with Crippen LogP contribution in [0.2, 0.25) is 0 Å². The summed E-state index contributed by atoms with van der Waals surface area (Å²) in [6.07, 6.45) is 7.87. The third-order valence-electron chi connectivity index (χ3n) is 5.15. The highest BCUT2D eigenvalue weighted by atomic mass is 16.2. The zero-order valence-corrected chi connectivity index (χ0v) is 13.9. The number of aromatic nitrogens is 4. The Kier molecular flexibility index (Phi) is 4.05. The van der Waals surface area contributed by atoms with E-state index in [-0.39, 0.29) is 18.5 Å². The number of hydrogen-bond acceptors (Lipinski definition) is 6. The molecule has 2 aliphatic rings. The van der Waals surface area contributed by atoms with Crippen LogP contribution in [0.1, 0.15) is 25.7 Å². The van der Waals surface area contributed by atoms with E-state index in [9.17, 15) is 4.79 Å². The maximum absolute atomic E-state index is 12.5. The SMILES string of the molecule is CN(CC(=O)N[C@@H]1CCN2CCCC[C@@H]12)c1ncnc2nc[nH]c12. The number of nitrogens with one attached hydrogen (secondary N) is 2. The lowest BCUT2D eigenvalue weighted by atomic mass is 9.99. The van der Waals surface area contributed by atoms with E-state index < -0.39 is 0 Å². The summed E-state index contributed by atoms with van der Waals surface area (Å²) in [7, 11) is 1.86. The van der Waals surface area contributed by atoms with Gasteiger partial charge in [0.25, 0.3) is 0 Å². The molecule has 2 fully saturated rings. The molecule has 2 aromatic rings. The van der Waals surface area contributed by atoms with Crippen LogP contribution >= 0.6 is 0 Å². The molecule has 2 N–H and O–H groups in total. The largest absolute Gasteiger partial charge is 0.350 e. The fourth-order valence-corrected chi connectivity index (χ4v) is 4.00. The van der Waals surface area contributed by atoms with Crippen molar-refractivity contribution < 1.29 is 4.79 Å². The third kappa shape index (κ3) is 2.82. The van der Waals surface area contributed by atoms with Crippen molar-refractivity contribution in [1.82, 2.24) is 30.2 Å². The average Bonchev–Trinajstić information content (AvgIpc) is 3.21. The highest BCUT2D eigenvalue weighted by molar-refractivity contribution is 5.87. The molecule has 2 aromatic heterocycles. The van der Waals surface area contributed by atoms with Crippen LogP contribution in [-0.4, -0.2) is 69.5 Å². The number of carbonyl (C=O) groups excluding carboxylic acids is 1. The van der Waals surface area contributed by atoms with Gasteiger partial charge in [-0.3, -0.25) is 9.69 Å². The number of H-pyrrole nitrogens is 1. The molecule has 0 bridgehead atoms. The summed E-state index contributed by atoms with van der Waals surface area (Å²) >= 11 is 0. The van der Waals surface area contributed by atoms with E-state index in [0.717, 1.165) is 18.5 Å². The summed E-state index contributed by atoms with van der Waals surface area (Å²) in [6, 6.07) is 0.801. The number of imidazole rings is 1. The maximum atomic E-state index is 12.5. The maximum Gasteiger partial charge on any atom is 0.239 e. The topological polar surface area (TPSA) is 90.0 Å². The lowest BCUT2D eigenvalue weighted by Gasteiger charge is -2.32. The van der Waals surface area contributed by atoms with Crippen molar-refractivity contribution in [3.63, 3.8) is 0 Å². The van der Waals surface area contributed by atoms with Gasteiger partial charge in [-0.1, -0.05) is 6.42 Å². The van der Waals surface area contributed by atoms with Crippen LogP contribution < -0.4 is 10.2 Å². The minimum absolute atomic E-state index is 0.0428. The fourth-order valence-electron chi connectivity index (χ4n) is 4.00. The number of anilines is 1. The molecule has 0 radical (unpaired) electrons. The highest BCUT2D eigenvalue weighted by Gasteiger charge is 2.36. The number of amides is 1. The zero-order valence-electron chi connectivity index (χ0n) is 13.9. The van der Waals surface area contributed by atoms with Gasteiger partial charge >= 0.3 is 0 Å². The molecule has 4 heterocycles. The molecule has 0 aliphatic carbocycles. The first-order chi connectivity index (χ1) is 11.7. The second-order valence-electron chi connectivity index (χ2n) is 6.72. The van der Waals surface area contributed by atoms with E-state index >= 15 is 0 Å². The number of hydrogen-bond donors (Lipinski definition) is 2. The number of aromatic amines is 1. The Hall–Kier alpha value is -2.22. The molecule has 8 nitrogen and oxygen atoms in total. The quantitative estimate of drug-likeness (QED) is 0.850. The Balaban J connectivity index is 1.40. The van der Waals surface area contributed by atoms with Crippen LogP contribution in [0, 0.1) is 0 Å². The summed E-state index contributed by atoms with van der Waals surface area (Å²) in [5.41, 5.74) is 1.37. The minimum Gasteiger partial charge on any atom is -0.350 e. The molecular weight excluding hydrogens is 306 g/mol. The highest BCUT2D eigenvalue weighted by Crippen LogP contribution is 2.27. The van der Waals surface area contributed by atoms with Crippen LogP contribution in [0.3, 0.4) is 0 Å². The van der Waals surface area contributed by atoms with Crippen LogP contribution in [0.15, 0.2) is 12.7 Å². The van der Waals surface area contributed by atoms with E-state index in [1.54, 1.807) is 6.33 Å². The molecule has 0 saturated carbocycles. The van der Waals surface area contributed by atoms with Crippen molar-refractivity contribution in [2.24, 2.45) is 0 Å². The Morgan fingerprint density at radius 1 is 1.33 bits per heavy atom. The lowest BCUT2D eigenvalue weighted by Crippen LogP contribution is -2.49. The Bertz CT molecular complexity index is 730. The van der Waals surface area contributed by atoms with Crippen molar-refractivity contribution in [2.45, 2.75) is 37.8 Å². The molecule has 128 valence electrons. The van der Waals surface area contributed by atoms with Gasteiger partial charge in [0.1, 0.15) is 11.8 Å². The van der Waals surface area contributed by atoms with E-state index in [0.29, 0.717) is 17.5 Å². The van der Waals surface area contributed by atoms with Gasteiger partial charge in [-0.25, -0.2) is 15.0 Å². The third-order valence-corrected chi connectivity index (χ3v) is 5.15. The van der Waals surface area contributed by atoms with E-state index in [1.807, 2.05) is 11.9 Å². The first-order valence-electron chi connectivity index (χ1n) is 8.61. The van der Waals surface area contributed by atoms with Crippen LogP contribution in [0.5, 0.6) is 0 Å². The van der Waals surface area contributed by atoms with Crippen molar-refractivity contribution >= 4 is 22.9 Å². The van der Waals surface area contributed by atoms with Crippen molar-refractivity contribution in [3.05, 3.63) is 12.7 Å². The molecule has 24 heavy (non-hydrogen) atoms. The molecule has 0 unspecified atom stereocenters. The Labute approximate surface area is 140 Å². The number of likely N-dealkylation sites (N-methyl/N-ethyl adjacent to an activating group) is 1. The van der Waals surface area contributed by atoms with Crippen LogP contribution in [0.25, 0.3) is 11.2 Å². The molecule has 4 rings (SSSR count). The van der Waals surface area contributed by atoms with Crippen LogP contribution in [0.4, 0.5) is 5.82 Å². The van der Waals surface area contributed by atoms with Crippen LogP contribution in [-0.2, 0) is 4.79 Å². The van der Waals surface area contributed by atoms with Gasteiger partial charge in [0.2, 0.25) is 5.91 Å². The normalized spacial score (nSPS) is 24.0. The fraction of sp³-hybridized carbons (Fsp3) is 0.625. The predicted molar refractivity (Wildman–Crippen MR) is 90.7 cm³/mol. The van der Waals surface area contributed by atoms with Crippen molar-refractivity contribution in [2.75, 3.05) is 31.6 Å². The van der Waals surface area contributed by atoms with E-state index in [1.165, 1.54) is 32.1 Å².